The summed E-state index contributed by atoms with van der Waals surface area (Å²) in [4.78, 5) is 15.8. The van der Waals surface area contributed by atoms with Crippen LogP contribution in [0.3, 0.4) is 0 Å². The molecule has 2 heterocycles. The van der Waals surface area contributed by atoms with Crippen LogP contribution in [-0.2, 0) is 9.47 Å². The van der Waals surface area contributed by atoms with Crippen molar-refractivity contribution >= 4 is 6.03 Å². The largest absolute Gasteiger partial charge is 0.377 e. The Bertz CT molecular complexity index is 359. The van der Waals surface area contributed by atoms with E-state index < -0.39 is 0 Å². The summed E-state index contributed by atoms with van der Waals surface area (Å²) >= 11 is 0. The van der Waals surface area contributed by atoms with Crippen LogP contribution in [0.2, 0.25) is 0 Å². The molecule has 2 aliphatic rings. The summed E-state index contributed by atoms with van der Waals surface area (Å²) in [6.45, 7) is 7.20. The molecule has 2 amide bonds. The third-order valence-corrected chi connectivity index (χ3v) is 4.27. The average Bonchev–Trinajstić information content (AvgIpc) is 2.46. The number of ether oxygens (including phenoxy) is 2. The van der Waals surface area contributed by atoms with E-state index in [0.717, 1.165) is 39.0 Å². The lowest BCUT2D eigenvalue weighted by atomic mass is 9.73. The number of likely N-dealkylation sites (tertiary alicyclic amines) is 1. The van der Waals surface area contributed by atoms with Crippen LogP contribution in [-0.4, -0.2) is 68.9 Å². The van der Waals surface area contributed by atoms with E-state index in [2.05, 4.69) is 6.58 Å². The maximum absolute atomic E-state index is 12.2. The molecule has 0 unspecified atom stereocenters. The molecule has 0 saturated carbocycles. The van der Waals surface area contributed by atoms with Gasteiger partial charge < -0.3 is 19.3 Å². The molecule has 2 saturated heterocycles. The first-order valence-corrected chi connectivity index (χ1v) is 7.35. The Balaban J connectivity index is 2.07. The number of urea groups is 1. The fourth-order valence-corrected chi connectivity index (χ4v) is 3.29. The van der Waals surface area contributed by atoms with Gasteiger partial charge >= 0.3 is 6.03 Å². The number of fused-ring (bicyclic) bond motifs is 1. The van der Waals surface area contributed by atoms with Gasteiger partial charge in [-0.15, -0.1) is 6.58 Å². The predicted octanol–water partition coefficient (Wildman–Crippen LogP) is 1.74. The van der Waals surface area contributed by atoms with Gasteiger partial charge in [0.1, 0.15) is 0 Å². The van der Waals surface area contributed by atoms with Gasteiger partial charge in [-0.25, -0.2) is 4.79 Å². The zero-order valence-electron chi connectivity index (χ0n) is 12.6. The highest BCUT2D eigenvalue weighted by molar-refractivity contribution is 5.74. The SMILES string of the molecule is C=CCOC[C@@]12CCCO[C@H]1CCN(C(=O)N(C)C)C2. The zero-order chi connectivity index (χ0) is 14.6. The minimum Gasteiger partial charge on any atom is -0.377 e. The fourth-order valence-electron chi connectivity index (χ4n) is 3.29. The number of rotatable bonds is 4. The van der Waals surface area contributed by atoms with Gasteiger partial charge in [-0.1, -0.05) is 6.08 Å². The second kappa shape index (κ2) is 6.59. The van der Waals surface area contributed by atoms with Gasteiger partial charge in [0.05, 0.1) is 19.3 Å². The fraction of sp³-hybridized carbons (Fsp3) is 0.800. The minimum absolute atomic E-state index is 0.0504. The summed E-state index contributed by atoms with van der Waals surface area (Å²) < 4.78 is 11.7. The summed E-state index contributed by atoms with van der Waals surface area (Å²) in [6.07, 6.45) is 4.98. The molecule has 2 fully saturated rings. The highest BCUT2D eigenvalue weighted by Crippen LogP contribution is 2.40. The van der Waals surface area contributed by atoms with Crippen LogP contribution < -0.4 is 0 Å². The second-order valence-electron chi connectivity index (χ2n) is 6.02. The van der Waals surface area contributed by atoms with E-state index in [1.807, 2.05) is 4.90 Å². The van der Waals surface area contributed by atoms with Crippen molar-refractivity contribution in [1.29, 1.82) is 0 Å². The summed E-state index contributed by atoms with van der Waals surface area (Å²) in [5.41, 5.74) is -0.0504. The van der Waals surface area contributed by atoms with Crippen molar-refractivity contribution < 1.29 is 14.3 Å². The topological polar surface area (TPSA) is 42.0 Å². The highest BCUT2D eigenvalue weighted by Gasteiger charge is 2.47. The Kier molecular flexibility index (Phi) is 5.05. The molecule has 5 heteroatoms. The van der Waals surface area contributed by atoms with Crippen molar-refractivity contribution in [2.45, 2.75) is 25.4 Å². The summed E-state index contributed by atoms with van der Waals surface area (Å²) in [5.74, 6) is 0. The van der Waals surface area contributed by atoms with Gasteiger partial charge in [-0.3, -0.25) is 0 Å². The third-order valence-electron chi connectivity index (χ3n) is 4.27. The first-order valence-electron chi connectivity index (χ1n) is 7.35. The number of piperidine rings is 1. The maximum atomic E-state index is 12.2. The van der Waals surface area contributed by atoms with Crippen molar-refractivity contribution in [2.24, 2.45) is 5.41 Å². The van der Waals surface area contributed by atoms with Crippen molar-refractivity contribution in [1.82, 2.24) is 9.80 Å². The van der Waals surface area contributed by atoms with Crippen LogP contribution in [0.1, 0.15) is 19.3 Å². The van der Waals surface area contributed by atoms with Crippen LogP contribution >= 0.6 is 0 Å². The third kappa shape index (κ3) is 3.15. The predicted molar refractivity (Wildman–Crippen MR) is 77.7 cm³/mol. The van der Waals surface area contributed by atoms with E-state index in [1.165, 1.54) is 0 Å². The normalized spacial score (nSPS) is 29.7. The molecule has 2 rings (SSSR count). The number of carbonyl (C=O) groups excluding carboxylic acids is 1. The molecule has 20 heavy (non-hydrogen) atoms. The smallest absolute Gasteiger partial charge is 0.319 e. The van der Waals surface area contributed by atoms with Gasteiger partial charge in [0.15, 0.2) is 0 Å². The summed E-state index contributed by atoms with van der Waals surface area (Å²) in [7, 11) is 3.60. The molecule has 2 atom stereocenters. The first-order chi connectivity index (χ1) is 9.59. The molecule has 0 spiro atoms. The van der Waals surface area contributed by atoms with E-state index in [9.17, 15) is 4.79 Å². The Morgan fingerprint density at radius 2 is 2.40 bits per heavy atom. The Morgan fingerprint density at radius 1 is 1.60 bits per heavy atom. The molecule has 2 aliphatic heterocycles. The van der Waals surface area contributed by atoms with Crippen molar-refractivity contribution in [3.8, 4) is 0 Å². The first kappa shape index (κ1) is 15.3. The van der Waals surface area contributed by atoms with Crippen LogP contribution in [0.4, 0.5) is 4.79 Å². The minimum atomic E-state index is -0.0504. The molecule has 0 bridgehead atoms. The standard InChI is InChI=1S/C15H26N2O3/c1-4-9-19-12-15-7-5-10-20-13(15)6-8-17(11-15)14(18)16(2)3/h4,13H,1,5-12H2,2-3H3/t13-,15-/m0/s1. The van der Waals surface area contributed by atoms with Gasteiger partial charge in [-0.2, -0.15) is 0 Å². The average molecular weight is 282 g/mol. The van der Waals surface area contributed by atoms with Gasteiger partial charge in [0.2, 0.25) is 0 Å². The van der Waals surface area contributed by atoms with Crippen LogP contribution in [0.5, 0.6) is 0 Å². The Morgan fingerprint density at radius 3 is 3.10 bits per heavy atom. The van der Waals surface area contributed by atoms with Gasteiger partial charge in [0, 0.05) is 39.2 Å². The summed E-state index contributed by atoms with van der Waals surface area (Å²) in [6, 6.07) is 0.0807. The molecule has 5 nitrogen and oxygen atoms in total. The van der Waals surface area contributed by atoms with E-state index in [1.54, 1.807) is 25.1 Å². The molecule has 0 radical (unpaired) electrons. The van der Waals surface area contributed by atoms with Gasteiger partial charge in [-0.05, 0) is 19.3 Å². The monoisotopic (exact) mass is 282 g/mol. The second-order valence-corrected chi connectivity index (χ2v) is 6.02. The Hall–Kier alpha value is -1.07. The number of amides is 2. The van der Waals surface area contributed by atoms with Crippen molar-refractivity contribution in [2.75, 3.05) is 47.0 Å². The molecule has 0 aliphatic carbocycles. The van der Waals surface area contributed by atoms with E-state index in [-0.39, 0.29) is 17.6 Å². The van der Waals surface area contributed by atoms with E-state index in [4.69, 9.17) is 9.47 Å². The van der Waals surface area contributed by atoms with Crippen molar-refractivity contribution in [3.63, 3.8) is 0 Å². The van der Waals surface area contributed by atoms with Crippen LogP contribution in [0, 0.1) is 5.41 Å². The van der Waals surface area contributed by atoms with Crippen molar-refractivity contribution in [3.05, 3.63) is 12.7 Å². The molecule has 0 aromatic rings. The lowest BCUT2D eigenvalue weighted by Crippen LogP contribution is -2.59. The van der Waals surface area contributed by atoms with Crippen LogP contribution in [0.15, 0.2) is 12.7 Å². The molecular weight excluding hydrogens is 256 g/mol. The van der Waals surface area contributed by atoms with E-state index in [0.29, 0.717) is 13.2 Å². The molecule has 0 aromatic carbocycles. The van der Waals surface area contributed by atoms with E-state index >= 15 is 0 Å². The molecule has 114 valence electrons. The quantitative estimate of drug-likeness (QED) is 0.582. The number of hydrogen-bond acceptors (Lipinski definition) is 3. The number of nitrogens with zero attached hydrogens (tertiary/aromatic N) is 2. The number of hydrogen-bond donors (Lipinski definition) is 0. The lowest BCUT2D eigenvalue weighted by molar-refractivity contribution is -0.145. The summed E-state index contributed by atoms with van der Waals surface area (Å²) in [5, 5.41) is 0. The molecule has 0 aromatic heterocycles. The number of carbonyl (C=O) groups is 1. The van der Waals surface area contributed by atoms with Crippen LogP contribution in [0.25, 0.3) is 0 Å². The maximum Gasteiger partial charge on any atom is 0.319 e. The molecular formula is C15H26N2O3. The molecule has 0 N–H and O–H groups in total. The van der Waals surface area contributed by atoms with Gasteiger partial charge in [0.25, 0.3) is 0 Å². The Labute approximate surface area is 121 Å². The highest BCUT2D eigenvalue weighted by atomic mass is 16.5. The lowest BCUT2D eigenvalue weighted by Gasteiger charge is -2.50. The zero-order valence-corrected chi connectivity index (χ0v) is 12.6.